The third kappa shape index (κ3) is 10.4. The first-order chi connectivity index (χ1) is 22.5. The topological polar surface area (TPSA) is 233 Å². The normalized spacial score (nSPS) is 38.2. The highest BCUT2D eigenvalue weighted by Crippen LogP contribution is 2.43. The van der Waals surface area contributed by atoms with Crippen molar-refractivity contribution in [1.82, 2.24) is 10.6 Å². The van der Waals surface area contributed by atoms with Crippen LogP contribution in [0.4, 0.5) is 0 Å². The van der Waals surface area contributed by atoms with Gasteiger partial charge < -0.3 is 59.0 Å². The molecule has 3 fully saturated rings. The summed E-state index contributed by atoms with van der Waals surface area (Å²) in [5, 5.41) is 49.0. The lowest BCUT2D eigenvalue weighted by molar-refractivity contribution is -0.889. The lowest BCUT2D eigenvalue weighted by Crippen LogP contribution is -2.64. The number of ether oxygens (including phenoxy) is 4. The molecule has 6 N–H and O–H groups in total. The summed E-state index contributed by atoms with van der Waals surface area (Å²) in [5.41, 5.74) is 0. The number of likely N-dealkylation sites (N-methyl/N-ethyl adjacent to an activating group) is 1. The number of methoxy groups -OCH3 is 1. The number of carbonyl (C=O) groups excluding carboxylic acids is 2. The Kier molecular flexibility index (Phi) is 13.4. The number of hydrogen-bond acceptors (Lipinski definition) is 13. The first kappa shape index (κ1) is 39.0. The summed E-state index contributed by atoms with van der Waals surface area (Å²) in [4.78, 5) is 25.9. The fraction of sp³-hybridized carbons (Fsp3) is 0.871. The van der Waals surface area contributed by atoms with Crippen LogP contribution >= 0.6 is 0 Å². The zero-order valence-corrected chi connectivity index (χ0v) is 28.9. The van der Waals surface area contributed by atoms with Crippen molar-refractivity contribution in [3.8, 4) is 0 Å². The highest BCUT2D eigenvalue weighted by molar-refractivity contribution is 7.85. The van der Waals surface area contributed by atoms with E-state index < -0.39 is 83.0 Å². The summed E-state index contributed by atoms with van der Waals surface area (Å²) in [7, 11) is 0.681. The first-order valence-electron chi connectivity index (χ1n) is 16.7. The van der Waals surface area contributed by atoms with Crippen molar-refractivity contribution in [3.63, 3.8) is 0 Å². The van der Waals surface area contributed by atoms with Gasteiger partial charge in [-0.2, -0.15) is 0 Å². The fourth-order valence-corrected chi connectivity index (χ4v) is 7.73. The summed E-state index contributed by atoms with van der Waals surface area (Å²) in [6.07, 6.45) is -6.88. The van der Waals surface area contributed by atoms with Crippen molar-refractivity contribution < 1.29 is 66.4 Å². The maximum atomic E-state index is 12.9. The van der Waals surface area contributed by atoms with E-state index in [0.717, 1.165) is 12.8 Å². The van der Waals surface area contributed by atoms with Crippen molar-refractivity contribution in [2.24, 2.45) is 17.8 Å². The van der Waals surface area contributed by atoms with Gasteiger partial charge in [-0.25, -0.2) is 8.42 Å². The van der Waals surface area contributed by atoms with Crippen molar-refractivity contribution in [3.05, 3.63) is 12.2 Å². The van der Waals surface area contributed by atoms with E-state index >= 15 is 0 Å². The van der Waals surface area contributed by atoms with E-state index in [9.17, 15) is 43.0 Å². The molecule has 7 unspecified atom stereocenters. The molecule has 2 aliphatic carbocycles. The van der Waals surface area contributed by atoms with E-state index in [-0.39, 0.29) is 31.7 Å². The molecule has 17 heteroatoms. The molecule has 48 heavy (non-hydrogen) atoms. The Morgan fingerprint density at radius 3 is 2.17 bits per heavy atom. The number of aliphatic hydroxyl groups is 4. The monoisotopic (exact) mass is 707 g/mol. The predicted molar refractivity (Wildman–Crippen MR) is 168 cm³/mol. The zero-order valence-electron chi connectivity index (χ0n) is 28.0. The Bertz CT molecular complexity index is 1240. The summed E-state index contributed by atoms with van der Waals surface area (Å²) in [6, 6.07) is 0. The number of rotatable bonds is 16. The summed E-state index contributed by atoms with van der Waals surface area (Å²) >= 11 is 0. The van der Waals surface area contributed by atoms with E-state index in [0.29, 0.717) is 41.9 Å². The molecule has 0 spiro atoms. The largest absolute Gasteiger partial charge is 0.748 e. The van der Waals surface area contributed by atoms with Gasteiger partial charge in [0.25, 0.3) is 0 Å². The van der Waals surface area contributed by atoms with Gasteiger partial charge in [0.1, 0.15) is 36.6 Å². The van der Waals surface area contributed by atoms with Crippen LogP contribution in [0.15, 0.2) is 12.2 Å². The Morgan fingerprint density at radius 2 is 1.56 bits per heavy atom. The van der Waals surface area contributed by atoms with E-state index in [1.807, 2.05) is 14.1 Å². The Hall–Kier alpha value is -1.77. The van der Waals surface area contributed by atoms with Crippen LogP contribution in [0.2, 0.25) is 0 Å². The van der Waals surface area contributed by atoms with E-state index in [1.54, 1.807) is 0 Å². The Morgan fingerprint density at radius 1 is 0.917 bits per heavy atom. The molecule has 2 saturated heterocycles. The number of fused-ring (bicyclic) bond motifs is 2. The molecular formula is C31H53N3O13S. The molecule has 2 aliphatic heterocycles. The molecule has 2 heterocycles. The van der Waals surface area contributed by atoms with Gasteiger partial charge in [0.05, 0.1) is 75.0 Å². The van der Waals surface area contributed by atoms with Crippen LogP contribution in [0.5, 0.6) is 0 Å². The van der Waals surface area contributed by atoms with Crippen LogP contribution in [0.3, 0.4) is 0 Å². The highest BCUT2D eigenvalue weighted by atomic mass is 32.2. The second-order valence-electron chi connectivity index (χ2n) is 14.3. The molecular weight excluding hydrogens is 654 g/mol. The van der Waals surface area contributed by atoms with Gasteiger partial charge in [-0.3, -0.25) is 9.59 Å². The zero-order chi connectivity index (χ0) is 35.4. The van der Waals surface area contributed by atoms with E-state index in [4.69, 9.17) is 18.9 Å². The molecule has 16 nitrogen and oxygen atoms in total. The number of nitrogens with one attached hydrogen (secondary N) is 2. The van der Waals surface area contributed by atoms with Gasteiger partial charge in [-0.15, -0.1) is 0 Å². The minimum absolute atomic E-state index is 0.180. The summed E-state index contributed by atoms with van der Waals surface area (Å²) < 4.78 is 56.2. The number of aliphatic hydroxyl groups excluding tert-OH is 4. The maximum absolute atomic E-state index is 12.9. The Balaban J connectivity index is 1.34. The van der Waals surface area contributed by atoms with Crippen LogP contribution < -0.4 is 10.6 Å². The van der Waals surface area contributed by atoms with Crippen LogP contribution in [0.1, 0.15) is 39.0 Å². The Labute approximate surface area is 282 Å². The lowest BCUT2D eigenvalue weighted by atomic mass is 9.92. The predicted octanol–water partition coefficient (Wildman–Crippen LogP) is -2.42. The summed E-state index contributed by atoms with van der Waals surface area (Å²) in [6.45, 7) is 3.08. The van der Waals surface area contributed by atoms with Crippen LogP contribution in [0.25, 0.3) is 0 Å². The molecule has 4 rings (SSSR count). The molecule has 1 saturated carbocycles. The average molecular weight is 708 g/mol. The SMILES string of the molecule is CO[C@@H]1C(CC(=O)NCC2CC3C=CC2C3)O[C@@H](O[C@@H]2C(CC(=O)NCC[N+](C)(C)CCCS(=O)(=O)[O-])O[C@@H](C)C(O)[C@H]2O)C(O)[C@H]1O. The number of quaternary nitrogens is 1. The van der Waals surface area contributed by atoms with E-state index in [1.165, 1.54) is 14.0 Å². The number of hydrogen-bond donors (Lipinski definition) is 6. The van der Waals surface area contributed by atoms with Crippen molar-refractivity contribution in [1.29, 1.82) is 0 Å². The molecule has 0 radical (unpaired) electrons. The maximum Gasteiger partial charge on any atom is 0.222 e. The van der Waals surface area contributed by atoms with Gasteiger partial charge in [0, 0.05) is 25.8 Å². The standard InChI is InChI=1S/C31H53N3O13S/c1-17-25(37)26(38)30(22(45-17)15-23(35)32-8-10-34(2,3)9-5-11-48(41,42)43)47-31-28(40)27(39)29(44-4)21(46-31)14-24(36)33-16-20-13-18-6-7-19(20)12-18/h6-7,17-22,25-31,37-40H,5,8-16H2,1-4H3,(H2-,32,33,35,36,41,42,43)/t17-,18?,19?,20?,21?,22?,25?,26+,27+,28?,29+,30+,31-/m0/s1. The van der Waals surface area contributed by atoms with Gasteiger partial charge in [0.2, 0.25) is 11.8 Å². The van der Waals surface area contributed by atoms with Crippen LogP contribution in [-0.2, 0) is 38.7 Å². The molecule has 2 bridgehead atoms. The van der Waals surface area contributed by atoms with E-state index in [2.05, 4.69) is 22.8 Å². The first-order valence-corrected chi connectivity index (χ1v) is 18.2. The van der Waals surface area contributed by atoms with Crippen LogP contribution in [0, 0.1) is 17.8 Å². The number of carbonyl (C=O) groups is 2. The number of allylic oxidation sites excluding steroid dienone is 2. The van der Waals surface area contributed by atoms with Crippen molar-refractivity contribution >= 4 is 21.9 Å². The quantitative estimate of drug-likeness (QED) is 0.0558. The fourth-order valence-electron chi connectivity index (χ4n) is 7.25. The molecule has 276 valence electrons. The number of nitrogens with zero attached hydrogens (tertiary/aromatic N) is 1. The lowest BCUT2D eigenvalue weighted by Gasteiger charge is -2.46. The van der Waals surface area contributed by atoms with Gasteiger partial charge >= 0.3 is 0 Å². The van der Waals surface area contributed by atoms with Gasteiger partial charge in [-0.05, 0) is 37.5 Å². The van der Waals surface area contributed by atoms with Gasteiger partial charge in [-0.1, -0.05) is 12.2 Å². The van der Waals surface area contributed by atoms with Crippen molar-refractivity contribution in [2.75, 3.05) is 53.1 Å². The minimum atomic E-state index is -4.31. The summed E-state index contributed by atoms with van der Waals surface area (Å²) in [5.74, 6) is 0.113. The molecule has 4 aliphatic rings. The third-order valence-electron chi connectivity index (χ3n) is 10.1. The van der Waals surface area contributed by atoms with Gasteiger partial charge in [0.15, 0.2) is 6.29 Å². The molecule has 13 atom stereocenters. The van der Waals surface area contributed by atoms with Crippen molar-refractivity contribution in [2.45, 2.75) is 100 Å². The molecule has 0 aromatic rings. The smallest absolute Gasteiger partial charge is 0.222 e. The average Bonchev–Trinajstić information content (AvgIpc) is 3.62. The van der Waals surface area contributed by atoms with Crippen LogP contribution in [-0.4, -0.2) is 164 Å². The third-order valence-corrected chi connectivity index (χ3v) is 10.9. The minimum Gasteiger partial charge on any atom is -0.748 e. The molecule has 0 aromatic heterocycles. The second-order valence-corrected chi connectivity index (χ2v) is 15.8. The molecule has 0 aromatic carbocycles. The second kappa shape index (κ2) is 16.5. The highest BCUT2D eigenvalue weighted by Gasteiger charge is 2.51. The molecule has 2 amide bonds. The number of amides is 2.